The van der Waals surface area contributed by atoms with Crippen LogP contribution < -0.4 is 5.32 Å². The predicted octanol–water partition coefficient (Wildman–Crippen LogP) is 1.80. The van der Waals surface area contributed by atoms with Gasteiger partial charge in [0.15, 0.2) is 0 Å². The second-order valence-electron chi connectivity index (χ2n) is 6.15. The Morgan fingerprint density at radius 2 is 2.32 bits per heavy atom. The molecule has 6 heteroatoms. The number of esters is 1. The molecule has 1 N–H and O–H groups in total. The number of hydrogen-bond acceptors (Lipinski definition) is 6. The SMILES string of the molecule is C[C@@H]1CN([C@H](CN[C@@H]2C[C@@H](C)OC2=O)c2cccs2)CCO1. The number of nitrogens with one attached hydrogen (secondary N) is 1. The fourth-order valence-electron chi connectivity index (χ4n) is 3.20. The van der Waals surface area contributed by atoms with E-state index in [1.165, 1.54) is 4.88 Å². The van der Waals surface area contributed by atoms with Crippen molar-refractivity contribution < 1.29 is 14.3 Å². The fourth-order valence-corrected chi connectivity index (χ4v) is 4.06. The molecule has 0 saturated carbocycles. The van der Waals surface area contributed by atoms with Crippen LogP contribution in [0.1, 0.15) is 31.2 Å². The number of hydrogen-bond donors (Lipinski definition) is 1. The summed E-state index contributed by atoms with van der Waals surface area (Å²) < 4.78 is 10.9. The van der Waals surface area contributed by atoms with E-state index in [0.717, 1.165) is 32.7 Å². The Balaban J connectivity index is 1.65. The van der Waals surface area contributed by atoms with E-state index in [-0.39, 0.29) is 30.3 Å². The highest BCUT2D eigenvalue weighted by Gasteiger charge is 2.33. The molecule has 0 amide bonds. The highest BCUT2D eigenvalue weighted by Crippen LogP contribution is 2.27. The third kappa shape index (κ3) is 3.68. The maximum Gasteiger partial charge on any atom is 0.323 e. The number of nitrogens with zero attached hydrogens (tertiary/aromatic N) is 1. The zero-order valence-corrected chi connectivity index (χ0v) is 14.0. The molecular formula is C16H24N2O3S. The second-order valence-corrected chi connectivity index (χ2v) is 7.13. The molecular weight excluding hydrogens is 300 g/mol. The van der Waals surface area contributed by atoms with Crippen molar-refractivity contribution in [1.82, 2.24) is 10.2 Å². The first-order chi connectivity index (χ1) is 10.6. The molecule has 2 aliphatic rings. The van der Waals surface area contributed by atoms with Crippen molar-refractivity contribution in [3.8, 4) is 0 Å². The molecule has 0 radical (unpaired) electrons. The van der Waals surface area contributed by atoms with Gasteiger partial charge in [0.1, 0.15) is 12.1 Å². The van der Waals surface area contributed by atoms with Crippen molar-refractivity contribution >= 4 is 17.3 Å². The number of carbonyl (C=O) groups excluding carboxylic acids is 1. The van der Waals surface area contributed by atoms with Crippen LogP contribution in [0, 0.1) is 0 Å². The number of ether oxygens (including phenoxy) is 2. The van der Waals surface area contributed by atoms with E-state index in [2.05, 4.69) is 34.7 Å². The van der Waals surface area contributed by atoms with Crippen LogP contribution in [0.5, 0.6) is 0 Å². The van der Waals surface area contributed by atoms with Crippen LogP contribution in [-0.2, 0) is 14.3 Å². The standard InChI is InChI=1S/C16H24N2O3S/c1-11-8-13(16(19)21-11)17-9-14(15-4-3-7-22-15)18-5-6-20-12(2)10-18/h3-4,7,11-14,17H,5-6,8-10H2,1-2H3/t11-,12-,13-,14-/m1/s1. The lowest BCUT2D eigenvalue weighted by molar-refractivity contribution is -0.142. The molecule has 122 valence electrons. The Bertz CT molecular complexity index is 494. The van der Waals surface area contributed by atoms with E-state index in [1.807, 2.05) is 6.92 Å². The molecule has 0 spiro atoms. The van der Waals surface area contributed by atoms with Gasteiger partial charge in [-0.1, -0.05) is 6.07 Å². The smallest absolute Gasteiger partial charge is 0.323 e. The molecule has 0 unspecified atom stereocenters. The minimum absolute atomic E-state index is 0.0218. The lowest BCUT2D eigenvalue weighted by Crippen LogP contribution is -2.47. The Kier molecular flexibility index (Phi) is 5.13. The first-order valence-corrected chi connectivity index (χ1v) is 8.84. The minimum Gasteiger partial charge on any atom is -0.461 e. The minimum atomic E-state index is -0.170. The molecule has 3 rings (SSSR count). The quantitative estimate of drug-likeness (QED) is 0.837. The lowest BCUT2D eigenvalue weighted by Gasteiger charge is -2.37. The van der Waals surface area contributed by atoms with E-state index in [0.29, 0.717) is 0 Å². The summed E-state index contributed by atoms with van der Waals surface area (Å²) in [6.07, 6.45) is 1.04. The average molecular weight is 324 g/mol. The molecule has 0 bridgehead atoms. The molecule has 2 saturated heterocycles. The van der Waals surface area contributed by atoms with Gasteiger partial charge in [-0.3, -0.25) is 9.69 Å². The van der Waals surface area contributed by atoms with Crippen LogP contribution in [0.2, 0.25) is 0 Å². The maximum atomic E-state index is 11.8. The van der Waals surface area contributed by atoms with Crippen LogP contribution in [0.4, 0.5) is 0 Å². The first-order valence-electron chi connectivity index (χ1n) is 7.96. The van der Waals surface area contributed by atoms with Crippen molar-refractivity contribution in [2.24, 2.45) is 0 Å². The molecule has 1 aromatic rings. The Morgan fingerprint density at radius 1 is 1.45 bits per heavy atom. The molecule has 1 aromatic heterocycles. The molecule has 3 heterocycles. The van der Waals surface area contributed by atoms with Crippen LogP contribution >= 0.6 is 11.3 Å². The monoisotopic (exact) mass is 324 g/mol. The van der Waals surface area contributed by atoms with E-state index in [1.54, 1.807) is 11.3 Å². The summed E-state index contributed by atoms with van der Waals surface area (Å²) in [5.41, 5.74) is 0. The van der Waals surface area contributed by atoms with Gasteiger partial charge in [0, 0.05) is 30.9 Å². The summed E-state index contributed by atoms with van der Waals surface area (Å²) in [6.45, 7) is 7.45. The molecule has 0 aromatic carbocycles. The molecule has 0 aliphatic carbocycles. The van der Waals surface area contributed by atoms with Crippen LogP contribution in [0.3, 0.4) is 0 Å². The van der Waals surface area contributed by atoms with Gasteiger partial charge in [0.2, 0.25) is 0 Å². The van der Waals surface area contributed by atoms with Crippen molar-refractivity contribution in [2.45, 2.75) is 44.6 Å². The predicted molar refractivity (Wildman–Crippen MR) is 86.0 cm³/mol. The summed E-state index contributed by atoms with van der Waals surface area (Å²) in [4.78, 5) is 15.6. The largest absolute Gasteiger partial charge is 0.461 e. The van der Waals surface area contributed by atoms with Crippen LogP contribution in [0.25, 0.3) is 0 Å². The summed E-state index contributed by atoms with van der Waals surface area (Å²) in [6, 6.07) is 4.38. The Morgan fingerprint density at radius 3 is 2.95 bits per heavy atom. The van der Waals surface area contributed by atoms with Gasteiger partial charge in [-0.2, -0.15) is 0 Å². The van der Waals surface area contributed by atoms with Gasteiger partial charge in [0.05, 0.1) is 18.8 Å². The van der Waals surface area contributed by atoms with Gasteiger partial charge < -0.3 is 14.8 Å². The Labute approximate surface area is 135 Å². The second kappa shape index (κ2) is 7.08. The topological polar surface area (TPSA) is 50.8 Å². The number of carbonyl (C=O) groups is 1. The van der Waals surface area contributed by atoms with E-state index >= 15 is 0 Å². The summed E-state index contributed by atoms with van der Waals surface area (Å²) in [5, 5.41) is 5.52. The van der Waals surface area contributed by atoms with E-state index in [9.17, 15) is 4.79 Å². The van der Waals surface area contributed by atoms with E-state index < -0.39 is 0 Å². The zero-order chi connectivity index (χ0) is 15.5. The molecule has 2 aliphatic heterocycles. The molecule has 22 heavy (non-hydrogen) atoms. The van der Waals surface area contributed by atoms with Crippen LogP contribution in [-0.4, -0.2) is 55.4 Å². The third-order valence-electron chi connectivity index (χ3n) is 4.31. The van der Waals surface area contributed by atoms with Crippen LogP contribution in [0.15, 0.2) is 17.5 Å². The number of cyclic esters (lactones) is 1. The molecule has 2 fully saturated rings. The number of rotatable bonds is 5. The average Bonchev–Trinajstić information content (AvgIpc) is 3.10. The highest BCUT2D eigenvalue weighted by molar-refractivity contribution is 7.10. The molecule has 5 nitrogen and oxygen atoms in total. The number of morpholine rings is 1. The zero-order valence-electron chi connectivity index (χ0n) is 13.2. The van der Waals surface area contributed by atoms with Crippen molar-refractivity contribution in [1.29, 1.82) is 0 Å². The third-order valence-corrected chi connectivity index (χ3v) is 5.29. The van der Waals surface area contributed by atoms with Gasteiger partial charge in [-0.25, -0.2) is 0 Å². The Hall–Kier alpha value is -0.950. The van der Waals surface area contributed by atoms with Gasteiger partial charge in [-0.05, 0) is 25.3 Å². The first kappa shape index (κ1) is 15.9. The van der Waals surface area contributed by atoms with Gasteiger partial charge in [0.25, 0.3) is 0 Å². The fraction of sp³-hybridized carbons (Fsp3) is 0.688. The van der Waals surface area contributed by atoms with Gasteiger partial charge in [-0.15, -0.1) is 11.3 Å². The van der Waals surface area contributed by atoms with Crippen molar-refractivity contribution in [3.05, 3.63) is 22.4 Å². The number of thiophene rings is 1. The maximum absolute atomic E-state index is 11.8. The summed E-state index contributed by atoms with van der Waals surface area (Å²) in [7, 11) is 0. The van der Waals surface area contributed by atoms with Crippen molar-refractivity contribution in [2.75, 3.05) is 26.2 Å². The molecule has 4 atom stereocenters. The van der Waals surface area contributed by atoms with E-state index in [4.69, 9.17) is 9.47 Å². The normalized spacial score (nSPS) is 31.2. The lowest BCUT2D eigenvalue weighted by atomic mass is 10.1. The van der Waals surface area contributed by atoms with Crippen molar-refractivity contribution in [3.63, 3.8) is 0 Å². The summed E-state index contributed by atoms with van der Waals surface area (Å²) in [5.74, 6) is -0.118. The van der Waals surface area contributed by atoms with Gasteiger partial charge >= 0.3 is 5.97 Å². The summed E-state index contributed by atoms with van der Waals surface area (Å²) >= 11 is 1.77. The highest BCUT2D eigenvalue weighted by atomic mass is 32.1.